The predicted molar refractivity (Wildman–Crippen MR) is 79.1 cm³/mol. The molecule has 0 heterocycles. The molecule has 1 saturated carbocycles. The molecule has 0 atom stereocenters. The SMILES string of the molecule is CC1(CNC(=O)c2cc(F)c(Cl)c(S(=O)(=O)Cl)c2Cl)CC1. The van der Waals surface area contributed by atoms with Crippen LogP contribution in [0.3, 0.4) is 0 Å². The van der Waals surface area contributed by atoms with E-state index in [0.717, 1.165) is 18.9 Å². The van der Waals surface area contributed by atoms with E-state index in [0.29, 0.717) is 6.54 Å². The zero-order chi connectivity index (χ0) is 16.0. The number of hydrogen-bond acceptors (Lipinski definition) is 3. The summed E-state index contributed by atoms with van der Waals surface area (Å²) >= 11 is 11.4. The molecule has 0 aliphatic heterocycles. The molecule has 21 heavy (non-hydrogen) atoms. The molecule has 0 bridgehead atoms. The number of carbonyl (C=O) groups is 1. The van der Waals surface area contributed by atoms with E-state index in [-0.39, 0.29) is 11.0 Å². The normalized spacial score (nSPS) is 16.6. The number of amides is 1. The fourth-order valence-corrected chi connectivity index (χ4v) is 4.12. The summed E-state index contributed by atoms with van der Waals surface area (Å²) in [7, 11) is 0.797. The lowest BCUT2D eigenvalue weighted by molar-refractivity contribution is 0.0945. The Morgan fingerprint density at radius 3 is 2.43 bits per heavy atom. The fourth-order valence-electron chi connectivity index (χ4n) is 1.74. The molecule has 1 aliphatic rings. The van der Waals surface area contributed by atoms with Gasteiger partial charge in [-0.25, -0.2) is 12.8 Å². The maximum Gasteiger partial charge on any atom is 0.264 e. The first-order chi connectivity index (χ1) is 9.55. The van der Waals surface area contributed by atoms with Crippen molar-refractivity contribution < 1.29 is 17.6 Å². The van der Waals surface area contributed by atoms with Crippen molar-refractivity contribution in [1.29, 1.82) is 0 Å². The van der Waals surface area contributed by atoms with Crippen LogP contribution in [0.25, 0.3) is 0 Å². The van der Waals surface area contributed by atoms with Crippen LogP contribution in [-0.2, 0) is 9.05 Å². The third-order valence-corrected chi connectivity index (χ3v) is 5.73. The van der Waals surface area contributed by atoms with E-state index in [1.807, 2.05) is 6.92 Å². The maximum atomic E-state index is 13.7. The van der Waals surface area contributed by atoms with Crippen LogP contribution < -0.4 is 5.32 Å². The molecule has 0 aromatic heterocycles. The largest absolute Gasteiger partial charge is 0.351 e. The molecule has 0 saturated heterocycles. The first-order valence-electron chi connectivity index (χ1n) is 5.95. The molecule has 0 unspecified atom stereocenters. The molecule has 0 spiro atoms. The molecule has 1 aliphatic carbocycles. The van der Waals surface area contributed by atoms with Gasteiger partial charge in [0, 0.05) is 17.2 Å². The van der Waals surface area contributed by atoms with Crippen LogP contribution in [0.1, 0.15) is 30.1 Å². The van der Waals surface area contributed by atoms with Crippen molar-refractivity contribution in [3.05, 3.63) is 27.5 Å². The van der Waals surface area contributed by atoms with Crippen molar-refractivity contribution in [2.75, 3.05) is 6.54 Å². The Balaban J connectivity index is 2.40. The Bertz CT molecular complexity index is 717. The zero-order valence-corrected chi connectivity index (χ0v) is 13.9. The Kier molecular flexibility index (Phi) is 4.46. The van der Waals surface area contributed by atoms with Crippen LogP contribution in [0.2, 0.25) is 10.0 Å². The van der Waals surface area contributed by atoms with Crippen molar-refractivity contribution >= 4 is 48.8 Å². The molecule has 4 nitrogen and oxygen atoms in total. The van der Waals surface area contributed by atoms with Gasteiger partial charge in [-0.2, -0.15) is 0 Å². The van der Waals surface area contributed by atoms with Gasteiger partial charge in [-0.05, 0) is 24.3 Å². The summed E-state index contributed by atoms with van der Waals surface area (Å²) in [6.45, 7) is 2.39. The number of benzene rings is 1. The summed E-state index contributed by atoms with van der Waals surface area (Å²) in [4.78, 5) is 11.2. The third-order valence-electron chi connectivity index (χ3n) is 3.38. The first-order valence-corrected chi connectivity index (χ1v) is 9.02. The van der Waals surface area contributed by atoms with Crippen molar-refractivity contribution in [1.82, 2.24) is 5.32 Å². The minimum absolute atomic E-state index is 0.0362. The van der Waals surface area contributed by atoms with Crippen LogP contribution >= 0.6 is 33.9 Å². The minimum atomic E-state index is -4.39. The Hall–Kier alpha value is -0.560. The Morgan fingerprint density at radius 1 is 1.38 bits per heavy atom. The highest BCUT2D eigenvalue weighted by molar-refractivity contribution is 8.14. The van der Waals surface area contributed by atoms with Gasteiger partial charge < -0.3 is 5.32 Å². The average molecular weight is 375 g/mol. The van der Waals surface area contributed by atoms with Gasteiger partial charge in [0.25, 0.3) is 15.0 Å². The highest BCUT2D eigenvalue weighted by atomic mass is 35.7. The topological polar surface area (TPSA) is 63.2 Å². The second-order valence-electron chi connectivity index (χ2n) is 5.29. The van der Waals surface area contributed by atoms with Crippen LogP contribution in [0, 0.1) is 11.2 Å². The second-order valence-corrected chi connectivity index (χ2v) is 8.55. The predicted octanol–water partition coefficient (Wildman–Crippen LogP) is 3.59. The molecule has 1 aromatic carbocycles. The third kappa shape index (κ3) is 3.62. The standard InChI is InChI=1S/C12H11Cl3FNO3S/c1-12(2-3-12)5-17-11(18)6-4-7(16)9(14)10(8(6)13)21(15,19)20/h4H,2-3,5H2,1H3,(H,17,18). The average Bonchev–Trinajstić information content (AvgIpc) is 3.08. The molecular weight excluding hydrogens is 364 g/mol. The Morgan fingerprint density at radius 2 is 1.95 bits per heavy atom. The van der Waals surface area contributed by atoms with E-state index in [9.17, 15) is 17.6 Å². The van der Waals surface area contributed by atoms with Gasteiger partial charge in [0.05, 0.1) is 15.6 Å². The van der Waals surface area contributed by atoms with Gasteiger partial charge in [0.1, 0.15) is 10.7 Å². The molecule has 1 amide bonds. The van der Waals surface area contributed by atoms with Crippen molar-refractivity contribution in [2.45, 2.75) is 24.7 Å². The van der Waals surface area contributed by atoms with Gasteiger partial charge in [0.2, 0.25) is 0 Å². The van der Waals surface area contributed by atoms with Gasteiger partial charge in [-0.1, -0.05) is 30.1 Å². The summed E-state index contributed by atoms with van der Waals surface area (Å²) < 4.78 is 36.6. The van der Waals surface area contributed by atoms with Crippen molar-refractivity contribution in [2.24, 2.45) is 5.41 Å². The summed E-state index contributed by atoms with van der Waals surface area (Å²) in [6.07, 6.45) is 1.97. The number of halogens is 4. The lowest BCUT2D eigenvalue weighted by Gasteiger charge is -2.13. The summed E-state index contributed by atoms with van der Waals surface area (Å²) in [5.74, 6) is -1.76. The molecule has 9 heteroatoms. The number of hydrogen-bond donors (Lipinski definition) is 1. The molecule has 0 radical (unpaired) electrons. The monoisotopic (exact) mass is 373 g/mol. The van der Waals surface area contributed by atoms with Gasteiger partial charge >= 0.3 is 0 Å². The van der Waals surface area contributed by atoms with E-state index in [4.69, 9.17) is 33.9 Å². The van der Waals surface area contributed by atoms with E-state index in [1.165, 1.54) is 0 Å². The highest BCUT2D eigenvalue weighted by Gasteiger charge is 2.37. The van der Waals surface area contributed by atoms with Crippen molar-refractivity contribution in [3.63, 3.8) is 0 Å². The lowest BCUT2D eigenvalue weighted by atomic mass is 10.1. The number of nitrogens with one attached hydrogen (secondary N) is 1. The molecular formula is C12H11Cl3FNO3S. The molecule has 1 fully saturated rings. The highest BCUT2D eigenvalue weighted by Crippen LogP contribution is 2.44. The van der Waals surface area contributed by atoms with Crippen molar-refractivity contribution in [3.8, 4) is 0 Å². The second kappa shape index (κ2) is 5.57. The van der Waals surface area contributed by atoms with Gasteiger partial charge in [0.15, 0.2) is 0 Å². The van der Waals surface area contributed by atoms with E-state index in [1.54, 1.807) is 0 Å². The van der Waals surface area contributed by atoms with Crippen LogP contribution in [0.4, 0.5) is 4.39 Å². The summed E-state index contributed by atoms with van der Waals surface area (Å²) in [5, 5.41) is 1.37. The van der Waals surface area contributed by atoms with E-state index in [2.05, 4.69) is 5.32 Å². The van der Waals surface area contributed by atoms with Gasteiger partial charge in [-0.3, -0.25) is 4.79 Å². The zero-order valence-electron chi connectivity index (χ0n) is 10.8. The van der Waals surface area contributed by atoms with Gasteiger partial charge in [-0.15, -0.1) is 0 Å². The van der Waals surface area contributed by atoms with E-state index < -0.39 is 35.7 Å². The molecule has 116 valence electrons. The fraction of sp³-hybridized carbons (Fsp3) is 0.417. The molecule has 2 rings (SSSR count). The minimum Gasteiger partial charge on any atom is -0.351 e. The van der Waals surface area contributed by atoms with Crippen LogP contribution in [0.5, 0.6) is 0 Å². The first kappa shape index (κ1) is 16.8. The van der Waals surface area contributed by atoms with Crippen LogP contribution in [-0.4, -0.2) is 20.9 Å². The Labute approximate surface area is 136 Å². The number of rotatable bonds is 4. The number of carbonyl (C=O) groups excluding carboxylic acids is 1. The van der Waals surface area contributed by atoms with Crippen LogP contribution in [0.15, 0.2) is 11.0 Å². The summed E-state index contributed by atoms with van der Waals surface area (Å²) in [6, 6.07) is 0.792. The molecule has 1 N–H and O–H groups in total. The maximum absolute atomic E-state index is 13.7. The lowest BCUT2D eigenvalue weighted by Crippen LogP contribution is -2.29. The quantitative estimate of drug-likeness (QED) is 0.647. The molecule has 1 aromatic rings. The van der Waals surface area contributed by atoms with E-state index >= 15 is 0 Å². The summed E-state index contributed by atoms with van der Waals surface area (Å²) in [5.41, 5.74) is -0.281. The smallest absolute Gasteiger partial charge is 0.264 e.